The number of aromatic amines is 1. The first-order valence-electron chi connectivity index (χ1n) is 9.65. The molecule has 3 rings (SSSR count). The first-order valence-corrected chi connectivity index (χ1v) is 9.65. The molecule has 2 aromatic heterocycles. The molecule has 2 heterocycles. The Balaban J connectivity index is 1.67. The molecule has 0 aliphatic rings. The Labute approximate surface area is 170 Å². The van der Waals surface area contributed by atoms with Gasteiger partial charge in [-0.15, -0.1) is 0 Å². The Morgan fingerprint density at radius 3 is 2.90 bits per heavy atom. The number of aryl methyl sites for hydroxylation is 1. The number of rotatable bonds is 8. The van der Waals surface area contributed by atoms with Crippen LogP contribution in [0.1, 0.15) is 22.5 Å². The highest BCUT2D eigenvalue weighted by Crippen LogP contribution is 2.19. The molecule has 0 atom stereocenters. The van der Waals surface area contributed by atoms with Crippen molar-refractivity contribution in [1.82, 2.24) is 14.9 Å². The molecule has 0 unspecified atom stereocenters. The van der Waals surface area contributed by atoms with Crippen molar-refractivity contribution in [3.8, 4) is 6.07 Å². The number of aromatic nitrogens is 2. The Morgan fingerprint density at radius 1 is 1.34 bits per heavy atom. The molecule has 0 saturated carbocycles. The predicted octanol–water partition coefficient (Wildman–Crippen LogP) is 3.50. The van der Waals surface area contributed by atoms with Gasteiger partial charge in [-0.1, -0.05) is 18.2 Å². The molecule has 0 spiro atoms. The number of carbonyl (C=O) groups is 1. The van der Waals surface area contributed by atoms with Gasteiger partial charge in [0.2, 0.25) is 0 Å². The fourth-order valence-corrected chi connectivity index (χ4v) is 3.55. The van der Waals surface area contributed by atoms with E-state index in [1.165, 1.54) is 0 Å². The Kier molecular flexibility index (Phi) is 6.53. The van der Waals surface area contributed by atoms with Crippen LogP contribution in [0.3, 0.4) is 0 Å². The minimum absolute atomic E-state index is 0.107. The second-order valence-corrected chi connectivity index (χ2v) is 7.01. The molecule has 29 heavy (non-hydrogen) atoms. The van der Waals surface area contributed by atoms with E-state index in [0.29, 0.717) is 19.6 Å². The molecule has 0 aliphatic carbocycles. The normalized spacial score (nSPS) is 11.6. The number of ether oxygens (including phenoxy) is 1. The van der Waals surface area contributed by atoms with E-state index in [0.717, 1.165) is 40.0 Å². The quantitative estimate of drug-likeness (QED) is 0.456. The standard InChI is InChI=1S/C23H26N4O2/c1-16-12-19(17(2)27(16)10-11-29-3)13-20(14-24)23(28)25-9-8-18-15-26-22-7-5-4-6-21(18)22/h4-7,12-13,15,26H,8-11H2,1-3H3,(H,25,28). The van der Waals surface area contributed by atoms with E-state index in [4.69, 9.17) is 4.74 Å². The SMILES string of the molecule is COCCn1c(C)cc(C=C(C#N)C(=O)NCCc2c[nH]c3ccccc23)c1C. The maximum atomic E-state index is 12.5. The first-order chi connectivity index (χ1) is 14.0. The molecule has 3 aromatic rings. The topological polar surface area (TPSA) is 82.8 Å². The van der Waals surface area contributed by atoms with Crippen LogP contribution in [0.25, 0.3) is 17.0 Å². The van der Waals surface area contributed by atoms with Gasteiger partial charge in [-0.25, -0.2) is 0 Å². The Hall–Kier alpha value is -3.30. The number of methoxy groups -OCH3 is 1. The molecule has 150 valence electrons. The lowest BCUT2D eigenvalue weighted by molar-refractivity contribution is -0.117. The summed E-state index contributed by atoms with van der Waals surface area (Å²) in [5.74, 6) is -0.353. The number of para-hydroxylation sites is 1. The van der Waals surface area contributed by atoms with Crippen LogP contribution < -0.4 is 5.32 Å². The van der Waals surface area contributed by atoms with Gasteiger partial charge in [0.1, 0.15) is 11.6 Å². The van der Waals surface area contributed by atoms with Gasteiger partial charge in [0, 0.05) is 48.7 Å². The summed E-state index contributed by atoms with van der Waals surface area (Å²) in [5.41, 5.74) is 5.29. The van der Waals surface area contributed by atoms with Crippen molar-refractivity contribution in [2.45, 2.75) is 26.8 Å². The summed E-state index contributed by atoms with van der Waals surface area (Å²) >= 11 is 0. The van der Waals surface area contributed by atoms with Crippen molar-refractivity contribution in [2.75, 3.05) is 20.3 Å². The summed E-state index contributed by atoms with van der Waals surface area (Å²) in [7, 11) is 1.67. The lowest BCUT2D eigenvalue weighted by Gasteiger charge is -2.08. The number of nitriles is 1. The summed E-state index contributed by atoms with van der Waals surface area (Å²) in [6, 6.07) is 12.1. The average Bonchev–Trinajstić information content (AvgIpc) is 3.25. The van der Waals surface area contributed by atoms with Gasteiger partial charge < -0.3 is 19.6 Å². The van der Waals surface area contributed by atoms with Gasteiger partial charge in [0.05, 0.1) is 6.61 Å². The number of hydrogen-bond donors (Lipinski definition) is 2. The van der Waals surface area contributed by atoms with Crippen LogP contribution in [0, 0.1) is 25.2 Å². The first kappa shape index (κ1) is 20.4. The minimum Gasteiger partial charge on any atom is -0.383 e. The van der Waals surface area contributed by atoms with Crippen molar-refractivity contribution in [3.05, 3.63) is 64.6 Å². The minimum atomic E-state index is -0.353. The van der Waals surface area contributed by atoms with Crippen LogP contribution in [0.5, 0.6) is 0 Å². The summed E-state index contributed by atoms with van der Waals surface area (Å²) in [6.45, 7) is 5.80. The number of amides is 1. The fourth-order valence-electron chi connectivity index (χ4n) is 3.55. The summed E-state index contributed by atoms with van der Waals surface area (Å²) in [6.07, 6.45) is 4.32. The molecule has 6 heteroatoms. The van der Waals surface area contributed by atoms with Crippen molar-refractivity contribution in [2.24, 2.45) is 0 Å². The smallest absolute Gasteiger partial charge is 0.261 e. The molecular weight excluding hydrogens is 364 g/mol. The van der Waals surface area contributed by atoms with Crippen molar-refractivity contribution in [1.29, 1.82) is 5.26 Å². The second-order valence-electron chi connectivity index (χ2n) is 7.01. The van der Waals surface area contributed by atoms with Crippen LogP contribution >= 0.6 is 0 Å². The van der Waals surface area contributed by atoms with Gasteiger partial charge in [-0.2, -0.15) is 5.26 Å². The number of nitrogens with one attached hydrogen (secondary N) is 2. The number of H-pyrrole nitrogens is 1. The molecule has 6 nitrogen and oxygen atoms in total. The summed E-state index contributed by atoms with van der Waals surface area (Å²) in [4.78, 5) is 15.7. The number of nitrogens with zero attached hydrogens (tertiary/aromatic N) is 2. The maximum absolute atomic E-state index is 12.5. The van der Waals surface area contributed by atoms with Crippen molar-refractivity contribution < 1.29 is 9.53 Å². The number of carbonyl (C=O) groups excluding carboxylic acids is 1. The third-order valence-electron chi connectivity index (χ3n) is 5.15. The van der Waals surface area contributed by atoms with Crippen LogP contribution in [0.15, 0.2) is 42.1 Å². The molecule has 0 fully saturated rings. The Bertz CT molecular complexity index is 1080. The molecular formula is C23H26N4O2. The molecule has 1 aromatic carbocycles. The van der Waals surface area contributed by atoms with Crippen molar-refractivity contribution in [3.63, 3.8) is 0 Å². The van der Waals surface area contributed by atoms with E-state index in [1.807, 2.05) is 50.4 Å². The van der Waals surface area contributed by atoms with E-state index >= 15 is 0 Å². The molecule has 2 N–H and O–H groups in total. The molecule has 0 aliphatic heterocycles. The molecule has 1 amide bonds. The molecule has 0 saturated heterocycles. The maximum Gasteiger partial charge on any atom is 0.261 e. The lowest BCUT2D eigenvalue weighted by Crippen LogP contribution is -2.26. The fraction of sp³-hybridized carbons (Fsp3) is 0.304. The van der Waals surface area contributed by atoms with E-state index < -0.39 is 0 Å². The second kappa shape index (κ2) is 9.26. The van der Waals surface area contributed by atoms with Crippen LogP contribution in [0.2, 0.25) is 0 Å². The molecule has 0 bridgehead atoms. The predicted molar refractivity (Wildman–Crippen MR) is 114 cm³/mol. The zero-order valence-corrected chi connectivity index (χ0v) is 17.1. The number of benzene rings is 1. The molecule has 0 radical (unpaired) electrons. The summed E-state index contributed by atoms with van der Waals surface area (Å²) < 4.78 is 7.28. The van der Waals surface area contributed by atoms with Gasteiger partial charge in [-0.3, -0.25) is 4.79 Å². The zero-order chi connectivity index (χ0) is 20.8. The van der Waals surface area contributed by atoms with Gasteiger partial charge in [0.15, 0.2) is 0 Å². The van der Waals surface area contributed by atoms with Crippen LogP contribution in [-0.2, 0) is 22.5 Å². The highest BCUT2D eigenvalue weighted by atomic mass is 16.5. The third-order valence-corrected chi connectivity index (χ3v) is 5.15. The van der Waals surface area contributed by atoms with E-state index in [2.05, 4.69) is 20.9 Å². The number of fused-ring (bicyclic) bond motifs is 1. The highest BCUT2D eigenvalue weighted by molar-refractivity contribution is 6.01. The van der Waals surface area contributed by atoms with Gasteiger partial charge in [-0.05, 0) is 49.6 Å². The van der Waals surface area contributed by atoms with E-state index in [-0.39, 0.29) is 11.5 Å². The van der Waals surface area contributed by atoms with E-state index in [9.17, 15) is 10.1 Å². The van der Waals surface area contributed by atoms with E-state index in [1.54, 1.807) is 13.2 Å². The third kappa shape index (κ3) is 4.58. The zero-order valence-electron chi connectivity index (χ0n) is 17.1. The Morgan fingerprint density at radius 2 is 2.14 bits per heavy atom. The largest absolute Gasteiger partial charge is 0.383 e. The van der Waals surface area contributed by atoms with Crippen LogP contribution in [-0.4, -0.2) is 35.7 Å². The number of hydrogen-bond acceptors (Lipinski definition) is 3. The lowest BCUT2D eigenvalue weighted by atomic mass is 10.1. The average molecular weight is 390 g/mol. The van der Waals surface area contributed by atoms with Crippen molar-refractivity contribution >= 4 is 22.9 Å². The van der Waals surface area contributed by atoms with Gasteiger partial charge >= 0.3 is 0 Å². The monoisotopic (exact) mass is 390 g/mol. The van der Waals surface area contributed by atoms with Gasteiger partial charge in [0.25, 0.3) is 5.91 Å². The van der Waals surface area contributed by atoms with Crippen LogP contribution in [0.4, 0.5) is 0 Å². The highest BCUT2D eigenvalue weighted by Gasteiger charge is 2.13. The summed E-state index contributed by atoms with van der Waals surface area (Å²) in [5, 5.41) is 13.5.